The normalized spacial score (nSPS) is 14.9. The van der Waals surface area contributed by atoms with Crippen molar-refractivity contribution in [2.75, 3.05) is 6.61 Å². The van der Waals surface area contributed by atoms with Crippen LogP contribution in [0.2, 0.25) is 5.15 Å². The number of aliphatic hydroxyl groups excluding tert-OH is 1. The first-order valence-corrected chi connectivity index (χ1v) is 5.53. The van der Waals surface area contributed by atoms with Gasteiger partial charge in [-0.3, -0.25) is 0 Å². The summed E-state index contributed by atoms with van der Waals surface area (Å²) in [6.45, 7) is 4.24. The maximum absolute atomic E-state index is 9.07. The number of nitrogens with zero attached hydrogens (tertiary/aromatic N) is 1. The fraction of sp³-hybridized carbons (Fsp3) is 0.545. The highest BCUT2D eigenvalue weighted by Crippen LogP contribution is 2.14. The number of hydrogen-bond donors (Lipinski definition) is 2. The molecule has 0 saturated heterocycles. The van der Waals surface area contributed by atoms with Crippen LogP contribution in [0.1, 0.15) is 31.9 Å². The van der Waals surface area contributed by atoms with Gasteiger partial charge >= 0.3 is 0 Å². The summed E-state index contributed by atoms with van der Waals surface area (Å²) in [5, 5.41) is 12.9. The van der Waals surface area contributed by atoms with Gasteiger partial charge in [0, 0.05) is 18.3 Å². The SMILES string of the molecule is CC[C@H](CO)NC(C)c1ccc(Cl)nc1. The molecule has 0 fully saturated rings. The summed E-state index contributed by atoms with van der Waals surface area (Å²) in [6.07, 6.45) is 2.66. The van der Waals surface area contributed by atoms with Gasteiger partial charge in [-0.1, -0.05) is 24.6 Å². The monoisotopic (exact) mass is 228 g/mol. The predicted molar refractivity (Wildman–Crippen MR) is 62.0 cm³/mol. The molecule has 1 heterocycles. The lowest BCUT2D eigenvalue weighted by atomic mass is 10.1. The van der Waals surface area contributed by atoms with E-state index in [0.717, 1.165) is 12.0 Å². The van der Waals surface area contributed by atoms with Crippen LogP contribution in [0.5, 0.6) is 0 Å². The average molecular weight is 229 g/mol. The Morgan fingerprint density at radius 3 is 2.73 bits per heavy atom. The van der Waals surface area contributed by atoms with Gasteiger partial charge < -0.3 is 10.4 Å². The van der Waals surface area contributed by atoms with Crippen LogP contribution in [0.4, 0.5) is 0 Å². The maximum atomic E-state index is 9.07. The molecule has 84 valence electrons. The zero-order valence-electron chi connectivity index (χ0n) is 9.07. The van der Waals surface area contributed by atoms with Crippen molar-refractivity contribution in [3.8, 4) is 0 Å². The first-order valence-electron chi connectivity index (χ1n) is 5.15. The molecule has 0 aliphatic rings. The molecule has 3 nitrogen and oxygen atoms in total. The van der Waals surface area contributed by atoms with Crippen molar-refractivity contribution in [1.82, 2.24) is 10.3 Å². The Morgan fingerprint density at radius 1 is 1.53 bits per heavy atom. The molecule has 1 rings (SSSR count). The second-order valence-corrected chi connectivity index (χ2v) is 3.98. The van der Waals surface area contributed by atoms with Gasteiger partial charge in [0.1, 0.15) is 5.15 Å². The minimum atomic E-state index is 0.135. The van der Waals surface area contributed by atoms with E-state index in [1.54, 1.807) is 12.3 Å². The van der Waals surface area contributed by atoms with Crippen LogP contribution >= 0.6 is 11.6 Å². The highest BCUT2D eigenvalue weighted by Gasteiger charge is 2.10. The molecule has 15 heavy (non-hydrogen) atoms. The molecule has 0 amide bonds. The molecule has 0 saturated carbocycles. The molecule has 1 unspecified atom stereocenters. The molecule has 0 aliphatic carbocycles. The molecular weight excluding hydrogens is 212 g/mol. The van der Waals surface area contributed by atoms with Crippen molar-refractivity contribution < 1.29 is 5.11 Å². The fourth-order valence-corrected chi connectivity index (χ4v) is 1.50. The summed E-state index contributed by atoms with van der Waals surface area (Å²) in [5.41, 5.74) is 1.08. The van der Waals surface area contributed by atoms with E-state index in [9.17, 15) is 0 Å². The number of halogens is 1. The third-order valence-electron chi connectivity index (χ3n) is 2.45. The molecule has 1 aromatic rings. The highest BCUT2D eigenvalue weighted by atomic mass is 35.5. The summed E-state index contributed by atoms with van der Waals surface area (Å²) < 4.78 is 0. The summed E-state index contributed by atoms with van der Waals surface area (Å²) in [7, 11) is 0. The first kappa shape index (κ1) is 12.4. The van der Waals surface area contributed by atoms with Gasteiger partial charge in [0.15, 0.2) is 0 Å². The summed E-state index contributed by atoms with van der Waals surface area (Å²) in [4.78, 5) is 4.02. The van der Waals surface area contributed by atoms with E-state index in [4.69, 9.17) is 16.7 Å². The number of rotatable bonds is 5. The van der Waals surface area contributed by atoms with E-state index in [2.05, 4.69) is 10.3 Å². The Morgan fingerprint density at radius 2 is 2.27 bits per heavy atom. The molecule has 2 atom stereocenters. The minimum Gasteiger partial charge on any atom is -0.395 e. The van der Waals surface area contributed by atoms with Gasteiger partial charge in [-0.2, -0.15) is 0 Å². The Kier molecular flexibility index (Phi) is 5.02. The third-order valence-corrected chi connectivity index (χ3v) is 2.67. The molecular formula is C11H17ClN2O. The van der Waals surface area contributed by atoms with E-state index < -0.39 is 0 Å². The van der Waals surface area contributed by atoms with Crippen molar-refractivity contribution >= 4 is 11.6 Å². The van der Waals surface area contributed by atoms with Gasteiger partial charge in [0.25, 0.3) is 0 Å². The van der Waals surface area contributed by atoms with Gasteiger partial charge in [0.2, 0.25) is 0 Å². The molecule has 0 spiro atoms. The summed E-state index contributed by atoms with van der Waals surface area (Å²) in [5.74, 6) is 0. The first-order chi connectivity index (χ1) is 7.17. The minimum absolute atomic E-state index is 0.135. The Hall–Kier alpha value is -0.640. The summed E-state index contributed by atoms with van der Waals surface area (Å²) >= 11 is 5.71. The van der Waals surface area contributed by atoms with E-state index >= 15 is 0 Å². The molecule has 1 aromatic heterocycles. The van der Waals surface area contributed by atoms with Crippen LogP contribution in [0.15, 0.2) is 18.3 Å². The second kappa shape index (κ2) is 6.05. The Bertz CT molecular complexity index is 285. The van der Waals surface area contributed by atoms with Crippen LogP contribution in [0, 0.1) is 0 Å². The highest BCUT2D eigenvalue weighted by molar-refractivity contribution is 6.29. The number of pyridine rings is 1. The van der Waals surface area contributed by atoms with Crippen molar-refractivity contribution in [1.29, 1.82) is 0 Å². The van der Waals surface area contributed by atoms with Gasteiger partial charge in [-0.05, 0) is 25.0 Å². The fourth-order valence-electron chi connectivity index (χ4n) is 1.39. The zero-order chi connectivity index (χ0) is 11.3. The quantitative estimate of drug-likeness (QED) is 0.760. The van der Waals surface area contributed by atoms with Crippen molar-refractivity contribution in [2.24, 2.45) is 0 Å². The van der Waals surface area contributed by atoms with E-state index in [1.807, 2.05) is 19.9 Å². The molecule has 4 heteroatoms. The van der Waals surface area contributed by atoms with Crippen LogP contribution in [0.25, 0.3) is 0 Å². The van der Waals surface area contributed by atoms with E-state index in [-0.39, 0.29) is 18.7 Å². The Balaban J connectivity index is 2.60. The van der Waals surface area contributed by atoms with Crippen LogP contribution in [0.3, 0.4) is 0 Å². The second-order valence-electron chi connectivity index (χ2n) is 3.59. The van der Waals surface area contributed by atoms with Gasteiger partial charge in [-0.15, -0.1) is 0 Å². The Labute approximate surface area is 95.5 Å². The number of nitrogens with one attached hydrogen (secondary N) is 1. The third kappa shape index (κ3) is 3.78. The van der Waals surface area contributed by atoms with Crippen LogP contribution in [-0.2, 0) is 0 Å². The lowest BCUT2D eigenvalue weighted by molar-refractivity contribution is 0.230. The van der Waals surface area contributed by atoms with Gasteiger partial charge in [0.05, 0.1) is 6.61 Å². The average Bonchev–Trinajstić information content (AvgIpc) is 2.26. The van der Waals surface area contributed by atoms with E-state index in [1.165, 1.54) is 0 Å². The van der Waals surface area contributed by atoms with Crippen molar-refractivity contribution in [3.63, 3.8) is 0 Å². The molecule has 0 radical (unpaired) electrons. The van der Waals surface area contributed by atoms with Crippen molar-refractivity contribution in [3.05, 3.63) is 29.0 Å². The topological polar surface area (TPSA) is 45.1 Å². The van der Waals surface area contributed by atoms with E-state index in [0.29, 0.717) is 5.15 Å². The lowest BCUT2D eigenvalue weighted by Gasteiger charge is -2.20. The van der Waals surface area contributed by atoms with Crippen molar-refractivity contribution in [2.45, 2.75) is 32.4 Å². The predicted octanol–water partition coefficient (Wildman–Crippen LogP) is 2.16. The largest absolute Gasteiger partial charge is 0.395 e. The number of hydrogen-bond acceptors (Lipinski definition) is 3. The van der Waals surface area contributed by atoms with Crippen LogP contribution < -0.4 is 5.32 Å². The molecule has 0 bridgehead atoms. The van der Waals surface area contributed by atoms with Crippen LogP contribution in [-0.4, -0.2) is 22.7 Å². The molecule has 2 N–H and O–H groups in total. The zero-order valence-corrected chi connectivity index (χ0v) is 9.83. The lowest BCUT2D eigenvalue weighted by Crippen LogP contribution is -2.33. The standard InChI is InChI=1S/C11H17ClN2O/c1-3-10(7-15)14-8(2)9-4-5-11(12)13-6-9/h4-6,8,10,14-15H,3,7H2,1-2H3/t8?,10-/m1/s1. The van der Waals surface area contributed by atoms with Gasteiger partial charge in [-0.25, -0.2) is 4.98 Å². The summed E-state index contributed by atoms with van der Waals surface area (Å²) in [6, 6.07) is 4.02. The molecule has 0 aliphatic heterocycles. The molecule has 0 aromatic carbocycles. The number of aromatic nitrogens is 1. The number of aliphatic hydroxyl groups is 1. The smallest absolute Gasteiger partial charge is 0.129 e. The maximum Gasteiger partial charge on any atom is 0.129 e.